The second kappa shape index (κ2) is 8.30. The fraction of sp³-hybridized carbons (Fsp3) is 0.375. The lowest BCUT2D eigenvalue weighted by Crippen LogP contribution is -2.55. The van der Waals surface area contributed by atoms with E-state index in [-0.39, 0.29) is 11.8 Å². The molecule has 0 bridgehead atoms. The summed E-state index contributed by atoms with van der Waals surface area (Å²) in [5.41, 5.74) is 4.01. The summed E-state index contributed by atoms with van der Waals surface area (Å²) in [7, 11) is 0. The molecule has 2 aliphatic heterocycles. The molecular weight excluding hydrogens is 378 g/mol. The van der Waals surface area contributed by atoms with E-state index < -0.39 is 11.8 Å². The third-order valence-electron chi connectivity index (χ3n) is 6.17. The number of likely N-dealkylation sites (tertiary alicyclic amines) is 1. The van der Waals surface area contributed by atoms with Crippen LogP contribution in [0.15, 0.2) is 48.5 Å². The third kappa shape index (κ3) is 3.95. The minimum absolute atomic E-state index is 0.0604. The number of piperazine rings is 1. The van der Waals surface area contributed by atoms with Gasteiger partial charge in [-0.1, -0.05) is 42.5 Å². The van der Waals surface area contributed by atoms with E-state index in [1.54, 1.807) is 9.80 Å². The normalized spacial score (nSPS) is 19.7. The molecule has 2 fully saturated rings. The molecule has 2 aromatic carbocycles. The molecule has 3 amide bonds. The van der Waals surface area contributed by atoms with Gasteiger partial charge in [0.2, 0.25) is 5.91 Å². The number of carbonyl (C=O) groups is 3. The Bertz CT molecular complexity index is 973. The standard InChI is InChI=1S/C24H27N3O3/c1-17-7-6-10-21(18(17)2)27-12-11-25(23(29)24(27)30)15-20-13-22(28)26(16-20)14-19-8-4-3-5-9-19/h3-10,20H,11-16H2,1-2H3. The van der Waals surface area contributed by atoms with Crippen molar-refractivity contribution in [1.29, 1.82) is 0 Å². The minimum atomic E-state index is -0.486. The second-order valence-electron chi connectivity index (χ2n) is 8.26. The fourth-order valence-corrected chi connectivity index (χ4v) is 4.35. The van der Waals surface area contributed by atoms with Gasteiger partial charge in [0.1, 0.15) is 0 Å². The van der Waals surface area contributed by atoms with Crippen LogP contribution in [0.4, 0.5) is 5.69 Å². The van der Waals surface area contributed by atoms with E-state index in [0.717, 1.165) is 22.4 Å². The molecule has 4 rings (SSSR count). The van der Waals surface area contributed by atoms with Crippen LogP contribution >= 0.6 is 0 Å². The van der Waals surface area contributed by atoms with Crippen molar-refractivity contribution in [2.75, 3.05) is 31.1 Å². The largest absolute Gasteiger partial charge is 0.338 e. The molecule has 0 spiro atoms. The van der Waals surface area contributed by atoms with Gasteiger partial charge in [0, 0.05) is 50.7 Å². The molecule has 0 aliphatic carbocycles. The lowest BCUT2D eigenvalue weighted by atomic mass is 10.1. The fourth-order valence-electron chi connectivity index (χ4n) is 4.35. The number of aryl methyl sites for hydroxylation is 1. The highest BCUT2D eigenvalue weighted by Crippen LogP contribution is 2.26. The van der Waals surface area contributed by atoms with Gasteiger partial charge in [-0.05, 0) is 36.6 Å². The lowest BCUT2D eigenvalue weighted by molar-refractivity contribution is -0.146. The van der Waals surface area contributed by atoms with Gasteiger partial charge >= 0.3 is 11.8 Å². The SMILES string of the molecule is Cc1cccc(N2CCN(CC3CC(=O)N(Cc4ccccc4)C3)C(=O)C2=O)c1C. The summed E-state index contributed by atoms with van der Waals surface area (Å²) in [6.07, 6.45) is 0.422. The molecule has 6 nitrogen and oxygen atoms in total. The first-order valence-corrected chi connectivity index (χ1v) is 10.4. The predicted octanol–water partition coefficient (Wildman–Crippen LogP) is 2.53. The summed E-state index contributed by atoms with van der Waals surface area (Å²) in [6, 6.07) is 15.7. The van der Waals surface area contributed by atoms with E-state index in [9.17, 15) is 14.4 Å². The van der Waals surface area contributed by atoms with Gasteiger partial charge in [-0.25, -0.2) is 0 Å². The summed E-state index contributed by atoms with van der Waals surface area (Å²) in [5, 5.41) is 0. The molecule has 0 saturated carbocycles. The van der Waals surface area contributed by atoms with Gasteiger partial charge in [0.15, 0.2) is 0 Å². The van der Waals surface area contributed by atoms with Crippen molar-refractivity contribution in [3.63, 3.8) is 0 Å². The van der Waals surface area contributed by atoms with Crippen LogP contribution in [0.5, 0.6) is 0 Å². The smallest absolute Gasteiger partial charge is 0.316 e. The van der Waals surface area contributed by atoms with E-state index in [1.807, 2.05) is 67.3 Å². The Morgan fingerprint density at radius 2 is 1.63 bits per heavy atom. The van der Waals surface area contributed by atoms with Crippen molar-refractivity contribution >= 4 is 23.4 Å². The number of carbonyl (C=O) groups excluding carboxylic acids is 3. The van der Waals surface area contributed by atoms with Gasteiger partial charge < -0.3 is 14.7 Å². The topological polar surface area (TPSA) is 60.9 Å². The van der Waals surface area contributed by atoms with Gasteiger partial charge in [0.25, 0.3) is 0 Å². The van der Waals surface area contributed by atoms with Crippen LogP contribution in [0, 0.1) is 19.8 Å². The number of rotatable bonds is 5. The summed E-state index contributed by atoms with van der Waals surface area (Å²) >= 11 is 0. The third-order valence-corrected chi connectivity index (χ3v) is 6.17. The molecule has 1 unspecified atom stereocenters. The van der Waals surface area contributed by atoms with Gasteiger partial charge in [-0.15, -0.1) is 0 Å². The number of nitrogens with zero attached hydrogens (tertiary/aromatic N) is 3. The van der Waals surface area contributed by atoms with Crippen molar-refractivity contribution in [2.24, 2.45) is 5.92 Å². The Morgan fingerprint density at radius 1 is 0.867 bits per heavy atom. The summed E-state index contributed by atoms with van der Waals surface area (Å²) in [4.78, 5) is 43.1. The molecule has 1 atom stereocenters. The number of benzene rings is 2. The van der Waals surface area contributed by atoms with Crippen LogP contribution in [0.2, 0.25) is 0 Å². The number of hydrogen-bond donors (Lipinski definition) is 0. The summed E-state index contributed by atoms with van der Waals surface area (Å²) in [6.45, 7) is 6.59. The van der Waals surface area contributed by atoms with Gasteiger partial charge in [0.05, 0.1) is 0 Å². The van der Waals surface area contributed by atoms with E-state index in [0.29, 0.717) is 39.1 Å². The Labute approximate surface area is 177 Å². The zero-order chi connectivity index (χ0) is 21.3. The average molecular weight is 405 g/mol. The van der Waals surface area contributed by atoms with E-state index in [1.165, 1.54) is 0 Å². The Morgan fingerprint density at radius 3 is 2.40 bits per heavy atom. The van der Waals surface area contributed by atoms with Crippen LogP contribution in [0.3, 0.4) is 0 Å². The van der Waals surface area contributed by atoms with Crippen LogP contribution in [-0.2, 0) is 20.9 Å². The van der Waals surface area contributed by atoms with Crippen molar-refractivity contribution in [2.45, 2.75) is 26.8 Å². The van der Waals surface area contributed by atoms with E-state index in [2.05, 4.69) is 0 Å². The molecule has 156 valence electrons. The van der Waals surface area contributed by atoms with Crippen LogP contribution in [0.25, 0.3) is 0 Å². The highest BCUT2D eigenvalue weighted by atomic mass is 16.2. The van der Waals surface area contributed by atoms with Crippen molar-refractivity contribution < 1.29 is 14.4 Å². The van der Waals surface area contributed by atoms with Crippen LogP contribution in [-0.4, -0.2) is 53.7 Å². The molecule has 2 saturated heterocycles. The molecule has 0 aromatic heterocycles. The number of anilines is 1. The first kappa shape index (κ1) is 20.1. The summed E-state index contributed by atoms with van der Waals surface area (Å²) < 4.78 is 0. The Hall–Kier alpha value is -3.15. The molecule has 2 aliphatic rings. The predicted molar refractivity (Wildman–Crippen MR) is 115 cm³/mol. The molecule has 2 heterocycles. The highest BCUT2D eigenvalue weighted by Gasteiger charge is 2.37. The van der Waals surface area contributed by atoms with Crippen LogP contribution < -0.4 is 4.90 Å². The van der Waals surface area contributed by atoms with Crippen molar-refractivity contribution in [3.8, 4) is 0 Å². The molecule has 2 aromatic rings. The zero-order valence-corrected chi connectivity index (χ0v) is 17.5. The second-order valence-corrected chi connectivity index (χ2v) is 8.26. The van der Waals surface area contributed by atoms with Crippen LogP contribution in [0.1, 0.15) is 23.1 Å². The molecular formula is C24H27N3O3. The minimum Gasteiger partial charge on any atom is -0.338 e. The Balaban J connectivity index is 1.38. The number of amides is 3. The summed E-state index contributed by atoms with van der Waals surface area (Å²) in [5.74, 6) is -0.793. The monoisotopic (exact) mass is 405 g/mol. The average Bonchev–Trinajstić information content (AvgIpc) is 3.08. The maximum absolute atomic E-state index is 12.8. The first-order chi connectivity index (χ1) is 14.4. The van der Waals surface area contributed by atoms with Crippen molar-refractivity contribution in [3.05, 3.63) is 65.2 Å². The molecule has 6 heteroatoms. The molecule has 30 heavy (non-hydrogen) atoms. The van der Waals surface area contributed by atoms with E-state index >= 15 is 0 Å². The molecule has 0 N–H and O–H groups in total. The Kier molecular flexibility index (Phi) is 5.57. The lowest BCUT2D eigenvalue weighted by Gasteiger charge is -2.35. The quantitative estimate of drug-likeness (QED) is 0.719. The maximum Gasteiger partial charge on any atom is 0.316 e. The van der Waals surface area contributed by atoms with Gasteiger partial charge in [-0.2, -0.15) is 0 Å². The zero-order valence-electron chi connectivity index (χ0n) is 17.5. The number of hydrogen-bond acceptors (Lipinski definition) is 3. The first-order valence-electron chi connectivity index (χ1n) is 10.4. The van der Waals surface area contributed by atoms with E-state index in [4.69, 9.17) is 0 Å². The van der Waals surface area contributed by atoms with Gasteiger partial charge in [-0.3, -0.25) is 14.4 Å². The van der Waals surface area contributed by atoms with Crippen molar-refractivity contribution in [1.82, 2.24) is 9.80 Å². The highest BCUT2D eigenvalue weighted by molar-refractivity contribution is 6.41. The maximum atomic E-state index is 12.8. The molecule has 0 radical (unpaired) electrons.